The van der Waals surface area contributed by atoms with Crippen LogP contribution in [0.2, 0.25) is 0 Å². The Morgan fingerprint density at radius 1 is 0.938 bits per heavy atom. The van der Waals surface area contributed by atoms with Crippen LogP contribution in [0.4, 0.5) is 17.1 Å². The Morgan fingerprint density at radius 2 is 1.50 bits per heavy atom. The highest BCUT2D eigenvalue weighted by atomic mass is 16.6. The standard InChI is InChI=1S/C6H3N3O7/c10-5-2-3(7(11)12)1-4(8(13)14)6(5)9(15)16/h1-2,10H. The van der Waals surface area contributed by atoms with Crippen molar-refractivity contribution in [3.05, 3.63) is 42.5 Å². The van der Waals surface area contributed by atoms with Gasteiger partial charge in [0, 0.05) is 0 Å². The number of rotatable bonds is 3. The quantitative estimate of drug-likeness (QED) is 0.602. The minimum atomic E-state index is -1.18. The van der Waals surface area contributed by atoms with Crippen molar-refractivity contribution < 1.29 is 19.9 Å². The number of hydrogen-bond donors (Lipinski definition) is 1. The molecule has 84 valence electrons. The van der Waals surface area contributed by atoms with E-state index in [1.807, 2.05) is 0 Å². The summed E-state index contributed by atoms with van der Waals surface area (Å²) in [7, 11) is 0. The van der Waals surface area contributed by atoms with Crippen molar-refractivity contribution >= 4 is 17.1 Å². The molecule has 10 nitrogen and oxygen atoms in total. The first-order chi connectivity index (χ1) is 7.34. The molecule has 0 heterocycles. The van der Waals surface area contributed by atoms with Gasteiger partial charge in [-0.3, -0.25) is 30.3 Å². The van der Waals surface area contributed by atoms with Crippen LogP contribution in [0, 0.1) is 30.3 Å². The molecule has 0 aliphatic heterocycles. The number of phenolic OH excluding ortho intramolecular Hbond substituents is 1. The van der Waals surface area contributed by atoms with Gasteiger partial charge in [-0.25, -0.2) is 0 Å². The molecule has 0 fully saturated rings. The van der Waals surface area contributed by atoms with Crippen molar-refractivity contribution in [1.82, 2.24) is 0 Å². The predicted octanol–water partition coefficient (Wildman–Crippen LogP) is 1.12. The largest absolute Gasteiger partial charge is 0.502 e. The monoisotopic (exact) mass is 229 g/mol. The zero-order valence-electron chi connectivity index (χ0n) is 7.39. The summed E-state index contributed by atoms with van der Waals surface area (Å²) < 4.78 is 0. The number of aromatic hydroxyl groups is 1. The normalized spacial score (nSPS) is 9.75. The first-order valence-corrected chi connectivity index (χ1v) is 3.64. The Labute approximate surface area is 86.2 Å². The van der Waals surface area contributed by atoms with Crippen LogP contribution in [0.3, 0.4) is 0 Å². The molecular formula is C6H3N3O7. The number of hydrogen-bond acceptors (Lipinski definition) is 7. The zero-order chi connectivity index (χ0) is 12.5. The fraction of sp³-hybridized carbons (Fsp3) is 0. The Morgan fingerprint density at radius 3 is 1.88 bits per heavy atom. The first-order valence-electron chi connectivity index (χ1n) is 3.64. The summed E-state index contributed by atoms with van der Waals surface area (Å²) in [5.74, 6) is -1.12. The summed E-state index contributed by atoms with van der Waals surface area (Å²) in [4.78, 5) is 27.8. The highest BCUT2D eigenvalue weighted by Gasteiger charge is 2.32. The Kier molecular flexibility index (Phi) is 2.66. The van der Waals surface area contributed by atoms with E-state index in [1.165, 1.54) is 0 Å². The van der Waals surface area contributed by atoms with Crippen molar-refractivity contribution in [3.8, 4) is 5.75 Å². The first kappa shape index (κ1) is 11.3. The fourth-order valence-electron chi connectivity index (χ4n) is 1.02. The molecule has 0 aromatic heterocycles. The molecule has 0 saturated carbocycles. The molecule has 0 bridgehead atoms. The molecule has 0 aliphatic rings. The second-order valence-electron chi connectivity index (χ2n) is 2.60. The summed E-state index contributed by atoms with van der Waals surface area (Å²) >= 11 is 0. The second kappa shape index (κ2) is 3.76. The van der Waals surface area contributed by atoms with Crippen LogP contribution in [0.15, 0.2) is 12.1 Å². The minimum Gasteiger partial charge on any atom is -0.502 e. The maximum absolute atomic E-state index is 10.4. The summed E-state index contributed by atoms with van der Waals surface area (Å²) in [6.45, 7) is 0. The van der Waals surface area contributed by atoms with Crippen LogP contribution < -0.4 is 0 Å². The van der Waals surface area contributed by atoms with Gasteiger partial charge in [-0.1, -0.05) is 0 Å². The molecule has 0 saturated heterocycles. The van der Waals surface area contributed by atoms with Crippen molar-refractivity contribution in [2.45, 2.75) is 0 Å². The van der Waals surface area contributed by atoms with E-state index in [9.17, 15) is 30.3 Å². The van der Waals surface area contributed by atoms with Gasteiger partial charge in [0.2, 0.25) is 5.75 Å². The lowest BCUT2D eigenvalue weighted by Gasteiger charge is -1.97. The maximum Gasteiger partial charge on any atom is 0.387 e. The molecule has 1 N–H and O–H groups in total. The van der Waals surface area contributed by atoms with E-state index >= 15 is 0 Å². The van der Waals surface area contributed by atoms with Gasteiger partial charge in [-0.05, 0) is 0 Å². The van der Waals surface area contributed by atoms with E-state index in [4.69, 9.17) is 5.11 Å². The lowest BCUT2D eigenvalue weighted by Crippen LogP contribution is -1.98. The third-order valence-corrected chi connectivity index (χ3v) is 1.64. The van der Waals surface area contributed by atoms with E-state index < -0.39 is 37.6 Å². The van der Waals surface area contributed by atoms with Crippen LogP contribution in [0.5, 0.6) is 5.75 Å². The van der Waals surface area contributed by atoms with Gasteiger partial charge < -0.3 is 5.11 Å². The van der Waals surface area contributed by atoms with Crippen molar-refractivity contribution in [2.24, 2.45) is 0 Å². The number of nitro groups is 3. The molecule has 16 heavy (non-hydrogen) atoms. The molecular weight excluding hydrogens is 226 g/mol. The molecule has 10 heteroatoms. The molecule has 1 aromatic rings. The average Bonchev–Trinajstić information content (AvgIpc) is 2.15. The van der Waals surface area contributed by atoms with Gasteiger partial charge in [-0.15, -0.1) is 0 Å². The van der Waals surface area contributed by atoms with Gasteiger partial charge in [0.15, 0.2) is 0 Å². The third kappa shape index (κ3) is 1.84. The summed E-state index contributed by atoms with van der Waals surface area (Å²) in [6.07, 6.45) is 0. The van der Waals surface area contributed by atoms with Gasteiger partial charge in [0.1, 0.15) is 6.07 Å². The Hall–Kier alpha value is -2.78. The maximum atomic E-state index is 10.4. The summed E-state index contributed by atoms with van der Waals surface area (Å²) in [5.41, 5.74) is -3.10. The summed E-state index contributed by atoms with van der Waals surface area (Å²) in [6, 6.07) is 0.892. The SMILES string of the molecule is O=[N+]([O-])c1cc(O)c([N+](=O)[O-])c([N+](=O)[O-])c1. The van der Waals surface area contributed by atoms with E-state index in [0.717, 1.165) is 0 Å². The van der Waals surface area contributed by atoms with E-state index in [2.05, 4.69) is 0 Å². The molecule has 1 rings (SSSR count). The van der Waals surface area contributed by atoms with Crippen molar-refractivity contribution in [2.75, 3.05) is 0 Å². The average molecular weight is 229 g/mol. The Bertz CT molecular complexity index is 497. The van der Waals surface area contributed by atoms with Crippen LogP contribution in [-0.2, 0) is 0 Å². The number of benzene rings is 1. The fourth-order valence-corrected chi connectivity index (χ4v) is 1.02. The molecule has 0 aliphatic carbocycles. The van der Waals surface area contributed by atoms with E-state index in [-0.39, 0.29) is 0 Å². The second-order valence-corrected chi connectivity index (χ2v) is 2.60. The third-order valence-electron chi connectivity index (χ3n) is 1.64. The van der Waals surface area contributed by atoms with Crippen LogP contribution in [0.25, 0.3) is 0 Å². The van der Waals surface area contributed by atoms with Crippen molar-refractivity contribution in [1.29, 1.82) is 0 Å². The van der Waals surface area contributed by atoms with Gasteiger partial charge in [-0.2, -0.15) is 0 Å². The minimum absolute atomic E-state index is 0.415. The van der Waals surface area contributed by atoms with Gasteiger partial charge in [0.25, 0.3) is 5.69 Å². The lowest BCUT2D eigenvalue weighted by molar-refractivity contribution is -0.425. The van der Waals surface area contributed by atoms with Crippen LogP contribution in [-0.4, -0.2) is 19.9 Å². The highest BCUT2D eigenvalue weighted by molar-refractivity contribution is 5.66. The predicted molar refractivity (Wildman–Crippen MR) is 48.1 cm³/mol. The molecule has 1 aromatic carbocycles. The molecule has 0 amide bonds. The number of nitro benzene ring substituents is 3. The van der Waals surface area contributed by atoms with Crippen LogP contribution >= 0.6 is 0 Å². The molecule has 0 atom stereocenters. The smallest absolute Gasteiger partial charge is 0.387 e. The summed E-state index contributed by atoms with van der Waals surface area (Å²) in [5, 5.41) is 40.2. The topological polar surface area (TPSA) is 150 Å². The molecule has 0 radical (unpaired) electrons. The van der Waals surface area contributed by atoms with E-state index in [1.54, 1.807) is 0 Å². The van der Waals surface area contributed by atoms with Crippen LogP contribution in [0.1, 0.15) is 0 Å². The number of nitrogens with zero attached hydrogens (tertiary/aromatic N) is 3. The van der Waals surface area contributed by atoms with Crippen molar-refractivity contribution in [3.63, 3.8) is 0 Å². The number of non-ortho nitro benzene ring substituents is 1. The highest BCUT2D eigenvalue weighted by Crippen LogP contribution is 2.39. The number of phenols is 1. The zero-order valence-corrected chi connectivity index (χ0v) is 7.39. The van der Waals surface area contributed by atoms with E-state index in [0.29, 0.717) is 12.1 Å². The Balaban J connectivity index is 3.58. The van der Waals surface area contributed by atoms with Gasteiger partial charge in [0.05, 0.1) is 20.8 Å². The molecule has 0 unspecified atom stereocenters. The lowest BCUT2D eigenvalue weighted by atomic mass is 10.2. The van der Waals surface area contributed by atoms with Gasteiger partial charge >= 0.3 is 11.4 Å². The molecule has 0 spiro atoms.